The van der Waals surface area contributed by atoms with Gasteiger partial charge in [-0.3, -0.25) is 9.89 Å². The van der Waals surface area contributed by atoms with E-state index in [0.717, 1.165) is 34.7 Å². The van der Waals surface area contributed by atoms with Crippen LogP contribution < -0.4 is 5.56 Å². The van der Waals surface area contributed by atoms with Crippen LogP contribution in [0.5, 0.6) is 0 Å². The molecule has 0 radical (unpaired) electrons. The van der Waals surface area contributed by atoms with E-state index in [1.54, 1.807) is 28.6 Å². The van der Waals surface area contributed by atoms with E-state index in [-0.39, 0.29) is 5.56 Å². The number of nitrogens with zero attached hydrogens (tertiary/aromatic N) is 1. The Hall–Kier alpha value is -1.91. The van der Waals surface area contributed by atoms with Crippen molar-refractivity contribution < 1.29 is 0 Å². The van der Waals surface area contributed by atoms with Gasteiger partial charge in [-0.15, -0.1) is 11.8 Å². The average Bonchev–Trinajstić information content (AvgIpc) is 2.75. The highest BCUT2D eigenvalue weighted by atomic mass is 35.5. The molecule has 0 bridgehead atoms. The van der Waals surface area contributed by atoms with Crippen LogP contribution in [0.2, 0.25) is 5.02 Å². The van der Waals surface area contributed by atoms with Crippen LogP contribution >= 0.6 is 23.4 Å². The molecule has 0 fully saturated rings. The molecule has 0 saturated heterocycles. The molecule has 1 aromatic heterocycles. The SMILES string of the molecule is O=c1c2c([nH]n1-c1ccc(Cl)cc1)-c1ccccc1SCC2. The number of nitrogens with one attached hydrogen (secondary N) is 1. The molecule has 2 heterocycles. The van der Waals surface area contributed by atoms with Crippen molar-refractivity contribution in [1.29, 1.82) is 0 Å². The highest BCUT2D eigenvalue weighted by molar-refractivity contribution is 7.99. The van der Waals surface area contributed by atoms with Gasteiger partial charge >= 0.3 is 0 Å². The van der Waals surface area contributed by atoms with Crippen LogP contribution in [0.25, 0.3) is 16.9 Å². The number of hydrogen-bond acceptors (Lipinski definition) is 2. The Kier molecular flexibility index (Phi) is 3.36. The van der Waals surface area contributed by atoms with E-state index in [0.29, 0.717) is 5.02 Å². The summed E-state index contributed by atoms with van der Waals surface area (Å²) in [6.07, 6.45) is 0.768. The van der Waals surface area contributed by atoms with Gasteiger partial charge in [0.05, 0.1) is 11.4 Å². The van der Waals surface area contributed by atoms with Gasteiger partial charge in [-0.25, -0.2) is 4.68 Å². The molecule has 110 valence electrons. The first-order valence-corrected chi connectivity index (χ1v) is 8.42. The standard InChI is InChI=1S/C17H13ClN2OS/c18-11-5-7-12(8-6-11)20-17(21)14-9-10-22-15-4-2-1-3-13(15)16(14)19-20/h1-8,19H,9-10H2. The number of halogens is 1. The molecule has 0 atom stereocenters. The molecule has 0 amide bonds. The smallest absolute Gasteiger partial charge is 0.275 e. The maximum atomic E-state index is 12.8. The summed E-state index contributed by atoms with van der Waals surface area (Å²) in [5.74, 6) is 0.914. The molecule has 1 aliphatic heterocycles. The zero-order valence-electron chi connectivity index (χ0n) is 11.7. The van der Waals surface area contributed by atoms with Gasteiger partial charge in [0.15, 0.2) is 0 Å². The number of fused-ring (bicyclic) bond motifs is 3. The highest BCUT2D eigenvalue weighted by Gasteiger charge is 2.21. The zero-order valence-corrected chi connectivity index (χ0v) is 13.2. The summed E-state index contributed by atoms with van der Waals surface area (Å²) in [6, 6.07) is 15.5. The lowest BCUT2D eigenvalue weighted by atomic mass is 10.1. The van der Waals surface area contributed by atoms with Crippen LogP contribution in [-0.4, -0.2) is 15.5 Å². The molecule has 3 nitrogen and oxygen atoms in total. The van der Waals surface area contributed by atoms with Crippen molar-refractivity contribution in [2.75, 3.05) is 5.75 Å². The minimum Gasteiger partial charge on any atom is -0.290 e. The quantitative estimate of drug-likeness (QED) is 0.729. The van der Waals surface area contributed by atoms with Crippen molar-refractivity contribution in [3.05, 3.63) is 69.5 Å². The van der Waals surface area contributed by atoms with Gasteiger partial charge in [-0.1, -0.05) is 29.8 Å². The Balaban J connectivity index is 1.94. The topological polar surface area (TPSA) is 37.8 Å². The van der Waals surface area contributed by atoms with Crippen LogP contribution in [0.1, 0.15) is 5.56 Å². The second-order valence-electron chi connectivity index (χ2n) is 5.18. The minimum atomic E-state index is 0.0228. The van der Waals surface area contributed by atoms with Crippen molar-refractivity contribution in [2.24, 2.45) is 0 Å². The molecule has 0 saturated carbocycles. The first-order chi connectivity index (χ1) is 10.7. The number of benzene rings is 2. The van der Waals surface area contributed by atoms with Gasteiger partial charge in [0.1, 0.15) is 0 Å². The molecular formula is C17H13ClN2OS. The number of thioether (sulfide) groups is 1. The lowest BCUT2D eigenvalue weighted by molar-refractivity contribution is 0.848. The van der Waals surface area contributed by atoms with Crippen molar-refractivity contribution in [2.45, 2.75) is 11.3 Å². The lowest BCUT2D eigenvalue weighted by Crippen LogP contribution is -2.17. The van der Waals surface area contributed by atoms with E-state index in [2.05, 4.69) is 17.2 Å². The molecule has 22 heavy (non-hydrogen) atoms. The maximum Gasteiger partial charge on any atom is 0.275 e. The highest BCUT2D eigenvalue weighted by Crippen LogP contribution is 2.35. The fourth-order valence-corrected chi connectivity index (χ4v) is 3.91. The molecule has 1 N–H and O–H groups in total. The van der Waals surface area contributed by atoms with Crippen LogP contribution in [-0.2, 0) is 6.42 Å². The number of hydrogen-bond donors (Lipinski definition) is 1. The summed E-state index contributed by atoms with van der Waals surface area (Å²) in [5, 5.41) is 3.94. The Morgan fingerprint density at radius 1 is 1.09 bits per heavy atom. The monoisotopic (exact) mass is 328 g/mol. The van der Waals surface area contributed by atoms with Gasteiger partial charge in [-0.05, 0) is 36.8 Å². The normalized spacial score (nSPS) is 13.3. The van der Waals surface area contributed by atoms with E-state index in [1.807, 2.05) is 24.3 Å². The molecule has 5 heteroatoms. The Bertz CT molecular complexity index is 896. The van der Waals surface area contributed by atoms with E-state index in [4.69, 9.17) is 11.6 Å². The van der Waals surface area contributed by atoms with Crippen LogP contribution in [0.15, 0.2) is 58.2 Å². The lowest BCUT2D eigenvalue weighted by Gasteiger charge is -2.05. The maximum absolute atomic E-state index is 12.8. The number of aromatic nitrogens is 2. The molecule has 1 aliphatic rings. The third-order valence-corrected chi connectivity index (χ3v) is 5.16. The van der Waals surface area contributed by atoms with E-state index in [9.17, 15) is 4.79 Å². The third kappa shape index (κ3) is 2.19. The average molecular weight is 329 g/mol. The molecule has 0 spiro atoms. The van der Waals surface area contributed by atoms with Gasteiger partial charge < -0.3 is 0 Å². The fourth-order valence-electron chi connectivity index (χ4n) is 2.76. The molecular weight excluding hydrogens is 316 g/mol. The first-order valence-electron chi connectivity index (χ1n) is 7.06. The summed E-state index contributed by atoms with van der Waals surface area (Å²) in [7, 11) is 0. The minimum absolute atomic E-state index is 0.0228. The summed E-state index contributed by atoms with van der Waals surface area (Å²) in [6.45, 7) is 0. The van der Waals surface area contributed by atoms with Gasteiger partial charge in [0.2, 0.25) is 0 Å². The van der Waals surface area contributed by atoms with E-state index >= 15 is 0 Å². The predicted octanol–water partition coefficient (Wildman–Crippen LogP) is 4.13. The predicted molar refractivity (Wildman–Crippen MR) is 91.3 cm³/mol. The van der Waals surface area contributed by atoms with E-state index in [1.165, 1.54) is 4.90 Å². The number of rotatable bonds is 1. The summed E-state index contributed by atoms with van der Waals surface area (Å²) < 4.78 is 1.60. The molecule has 2 aromatic carbocycles. The van der Waals surface area contributed by atoms with Crippen molar-refractivity contribution in [3.63, 3.8) is 0 Å². The Labute approximate surface area is 136 Å². The summed E-state index contributed by atoms with van der Waals surface area (Å²) in [4.78, 5) is 14.0. The van der Waals surface area contributed by atoms with Gasteiger partial charge in [0.25, 0.3) is 5.56 Å². The second-order valence-corrected chi connectivity index (χ2v) is 6.75. The fraction of sp³-hybridized carbons (Fsp3) is 0.118. The zero-order chi connectivity index (χ0) is 15.1. The van der Waals surface area contributed by atoms with Crippen LogP contribution in [0.3, 0.4) is 0 Å². The first kappa shape index (κ1) is 13.7. The largest absolute Gasteiger partial charge is 0.290 e. The van der Waals surface area contributed by atoms with E-state index < -0.39 is 0 Å². The van der Waals surface area contributed by atoms with Gasteiger partial charge in [-0.2, -0.15) is 0 Å². The van der Waals surface area contributed by atoms with Crippen molar-refractivity contribution >= 4 is 23.4 Å². The number of aromatic amines is 1. The molecule has 0 aliphatic carbocycles. The molecule has 4 rings (SSSR count). The Morgan fingerprint density at radius 3 is 2.68 bits per heavy atom. The Morgan fingerprint density at radius 2 is 1.86 bits per heavy atom. The van der Waals surface area contributed by atoms with Crippen LogP contribution in [0, 0.1) is 0 Å². The van der Waals surface area contributed by atoms with Crippen molar-refractivity contribution in [3.8, 4) is 16.9 Å². The third-order valence-electron chi connectivity index (χ3n) is 3.84. The van der Waals surface area contributed by atoms with Crippen molar-refractivity contribution in [1.82, 2.24) is 9.78 Å². The molecule has 0 unspecified atom stereocenters. The number of H-pyrrole nitrogens is 1. The summed E-state index contributed by atoms with van der Waals surface area (Å²) >= 11 is 7.73. The van der Waals surface area contributed by atoms with Gasteiger partial charge in [0, 0.05) is 26.8 Å². The second kappa shape index (κ2) is 5.38. The summed E-state index contributed by atoms with van der Waals surface area (Å²) in [5.41, 5.74) is 3.71. The molecule has 3 aromatic rings. The van der Waals surface area contributed by atoms with Crippen LogP contribution in [0.4, 0.5) is 0 Å².